The summed E-state index contributed by atoms with van der Waals surface area (Å²) in [6, 6.07) is 7.44. The maximum Gasteiger partial charge on any atom is 0.243 e. The van der Waals surface area contributed by atoms with Crippen LogP contribution in [0.3, 0.4) is 0 Å². The lowest BCUT2D eigenvalue weighted by atomic mass is 10.1. The molecule has 4 rings (SSSR count). The number of hydrogen-bond donors (Lipinski definition) is 2. The number of aromatic nitrogens is 2. The fourth-order valence-electron chi connectivity index (χ4n) is 4.23. The lowest BCUT2D eigenvalue weighted by Gasteiger charge is -2.38. The molecule has 11 nitrogen and oxygen atoms in total. The van der Waals surface area contributed by atoms with Gasteiger partial charge in [0.05, 0.1) is 13.0 Å². The SMILES string of the molecule is CC(=O)c1ccc(NC(=O)C[C@@H]2C(=O)NCCN2C(=O)CN2CCN(c3ncccn3)CC2)cc1. The minimum Gasteiger partial charge on any atom is -0.353 e. The van der Waals surface area contributed by atoms with Gasteiger partial charge in [-0.25, -0.2) is 9.97 Å². The normalized spacial score (nSPS) is 18.7. The highest BCUT2D eigenvalue weighted by atomic mass is 16.2. The molecule has 2 aromatic rings. The van der Waals surface area contributed by atoms with Crippen LogP contribution in [0, 0.1) is 0 Å². The topological polar surface area (TPSA) is 128 Å². The first kappa shape index (κ1) is 24.3. The maximum absolute atomic E-state index is 13.1. The van der Waals surface area contributed by atoms with Crippen LogP contribution in [-0.2, 0) is 14.4 Å². The summed E-state index contributed by atoms with van der Waals surface area (Å²) in [6.07, 6.45) is 3.26. The Morgan fingerprint density at radius 1 is 1.03 bits per heavy atom. The van der Waals surface area contributed by atoms with E-state index in [1.54, 1.807) is 42.7 Å². The molecule has 1 atom stereocenters. The minimum atomic E-state index is -0.869. The summed E-state index contributed by atoms with van der Waals surface area (Å²) < 4.78 is 0. The van der Waals surface area contributed by atoms with E-state index < -0.39 is 6.04 Å². The molecule has 3 heterocycles. The molecule has 1 aromatic carbocycles. The van der Waals surface area contributed by atoms with Gasteiger partial charge in [0.25, 0.3) is 0 Å². The van der Waals surface area contributed by atoms with Gasteiger partial charge < -0.3 is 20.4 Å². The molecule has 35 heavy (non-hydrogen) atoms. The molecule has 0 bridgehead atoms. The number of benzene rings is 1. The second kappa shape index (κ2) is 11.0. The number of carbonyl (C=O) groups is 4. The van der Waals surface area contributed by atoms with Crippen molar-refractivity contribution in [2.75, 3.05) is 56.0 Å². The lowest BCUT2D eigenvalue weighted by Crippen LogP contribution is -2.60. The summed E-state index contributed by atoms with van der Waals surface area (Å²) in [6.45, 7) is 5.11. The van der Waals surface area contributed by atoms with Crippen LogP contribution >= 0.6 is 0 Å². The number of amides is 3. The molecule has 0 unspecified atom stereocenters. The average molecular weight is 480 g/mol. The average Bonchev–Trinajstić information content (AvgIpc) is 2.86. The van der Waals surface area contributed by atoms with E-state index in [0.717, 1.165) is 0 Å². The summed E-state index contributed by atoms with van der Waals surface area (Å²) in [5.41, 5.74) is 1.07. The molecule has 0 radical (unpaired) electrons. The Morgan fingerprint density at radius 3 is 2.37 bits per heavy atom. The van der Waals surface area contributed by atoms with Gasteiger partial charge in [-0.2, -0.15) is 0 Å². The molecule has 1 aromatic heterocycles. The van der Waals surface area contributed by atoms with Crippen molar-refractivity contribution in [1.82, 2.24) is 25.1 Å². The highest BCUT2D eigenvalue weighted by molar-refractivity contribution is 5.98. The second-order valence-electron chi connectivity index (χ2n) is 8.59. The molecule has 2 N–H and O–H groups in total. The molecule has 0 spiro atoms. The van der Waals surface area contributed by atoms with E-state index in [-0.39, 0.29) is 36.5 Å². The maximum atomic E-state index is 13.1. The molecular formula is C24H29N7O4. The first-order chi connectivity index (χ1) is 16.9. The number of piperazine rings is 2. The van der Waals surface area contributed by atoms with Crippen molar-refractivity contribution in [3.63, 3.8) is 0 Å². The van der Waals surface area contributed by atoms with Crippen molar-refractivity contribution in [2.24, 2.45) is 0 Å². The Balaban J connectivity index is 1.32. The largest absolute Gasteiger partial charge is 0.353 e. The van der Waals surface area contributed by atoms with E-state index in [0.29, 0.717) is 56.5 Å². The van der Waals surface area contributed by atoms with E-state index in [2.05, 4.69) is 25.5 Å². The van der Waals surface area contributed by atoms with Gasteiger partial charge in [0, 0.05) is 62.9 Å². The van der Waals surface area contributed by atoms with Gasteiger partial charge in [0.1, 0.15) is 6.04 Å². The number of anilines is 2. The third kappa shape index (κ3) is 6.18. The van der Waals surface area contributed by atoms with E-state index >= 15 is 0 Å². The van der Waals surface area contributed by atoms with Gasteiger partial charge in [-0.3, -0.25) is 24.1 Å². The predicted molar refractivity (Wildman–Crippen MR) is 129 cm³/mol. The summed E-state index contributed by atoms with van der Waals surface area (Å²) in [5, 5.41) is 5.49. The third-order valence-electron chi connectivity index (χ3n) is 6.17. The van der Waals surface area contributed by atoms with E-state index in [9.17, 15) is 19.2 Å². The zero-order valence-electron chi connectivity index (χ0n) is 19.6. The fourth-order valence-corrected chi connectivity index (χ4v) is 4.23. The quantitative estimate of drug-likeness (QED) is 0.538. The van der Waals surface area contributed by atoms with Crippen LogP contribution in [-0.4, -0.2) is 95.1 Å². The number of nitrogens with zero attached hydrogens (tertiary/aromatic N) is 5. The van der Waals surface area contributed by atoms with Gasteiger partial charge >= 0.3 is 0 Å². The molecule has 2 aliphatic heterocycles. The summed E-state index contributed by atoms with van der Waals surface area (Å²) in [5.74, 6) is -0.276. The number of Topliss-reactive ketones (excluding diaryl/α,β-unsaturated/α-hetero) is 1. The van der Waals surface area contributed by atoms with Crippen molar-refractivity contribution in [3.8, 4) is 0 Å². The highest BCUT2D eigenvalue weighted by Gasteiger charge is 2.35. The van der Waals surface area contributed by atoms with Crippen molar-refractivity contribution >= 4 is 35.1 Å². The molecule has 2 aliphatic rings. The minimum absolute atomic E-state index is 0.0641. The first-order valence-electron chi connectivity index (χ1n) is 11.6. The Morgan fingerprint density at radius 2 is 1.71 bits per heavy atom. The van der Waals surface area contributed by atoms with Crippen molar-refractivity contribution < 1.29 is 19.2 Å². The van der Waals surface area contributed by atoms with Gasteiger partial charge in [-0.1, -0.05) is 0 Å². The number of carbonyl (C=O) groups excluding carboxylic acids is 4. The zero-order valence-corrected chi connectivity index (χ0v) is 19.6. The Labute approximate surface area is 203 Å². The van der Waals surface area contributed by atoms with Crippen LogP contribution in [0.15, 0.2) is 42.7 Å². The second-order valence-corrected chi connectivity index (χ2v) is 8.59. The molecule has 0 aliphatic carbocycles. The van der Waals surface area contributed by atoms with Crippen LogP contribution in [0.2, 0.25) is 0 Å². The first-order valence-corrected chi connectivity index (χ1v) is 11.6. The van der Waals surface area contributed by atoms with Crippen LogP contribution in [0.1, 0.15) is 23.7 Å². The molecular weight excluding hydrogens is 450 g/mol. The fraction of sp³-hybridized carbons (Fsp3) is 0.417. The van der Waals surface area contributed by atoms with Crippen molar-refractivity contribution in [1.29, 1.82) is 0 Å². The zero-order chi connectivity index (χ0) is 24.8. The van der Waals surface area contributed by atoms with Crippen LogP contribution in [0.4, 0.5) is 11.6 Å². The summed E-state index contributed by atoms with van der Waals surface area (Å²) in [4.78, 5) is 63.9. The van der Waals surface area contributed by atoms with E-state index in [4.69, 9.17) is 0 Å². The predicted octanol–water partition coefficient (Wildman–Crippen LogP) is 0.157. The summed E-state index contributed by atoms with van der Waals surface area (Å²) in [7, 11) is 0. The Hall–Kier alpha value is -3.86. The standard InChI is InChI=1S/C24H29N7O4/c1-17(32)18-3-5-19(6-4-18)28-21(33)15-20-23(35)25-9-10-31(20)22(34)16-29-11-13-30(14-12-29)24-26-7-2-8-27-24/h2-8,20H,9-16H2,1H3,(H,25,35)(H,28,33)/t20-/m1/s1. The van der Waals surface area contributed by atoms with Gasteiger partial charge in [0.15, 0.2) is 5.78 Å². The molecule has 11 heteroatoms. The molecule has 184 valence electrons. The molecule has 0 saturated carbocycles. The number of nitrogens with one attached hydrogen (secondary N) is 2. The third-order valence-corrected chi connectivity index (χ3v) is 6.17. The molecule has 3 amide bonds. The summed E-state index contributed by atoms with van der Waals surface area (Å²) >= 11 is 0. The van der Waals surface area contributed by atoms with Gasteiger partial charge in [0.2, 0.25) is 23.7 Å². The Bertz CT molecular complexity index is 1070. The number of ketones is 1. The lowest BCUT2D eigenvalue weighted by molar-refractivity contribution is -0.145. The Kier molecular flexibility index (Phi) is 7.66. The molecule has 2 saturated heterocycles. The van der Waals surface area contributed by atoms with Gasteiger partial charge in [-0.05, 0) is 37.3 Å². The smallest absolute Gasteiger partial charge is 0.243 e. The number of rotatable bonds is 7. The van der Waals surface area contributed by atoms with Crippen LogP contribution in [0.5, 0.6) is 0 Å². The van der Waals surface area contributed by atoms with E-state index in [1.165, 1.54) is 11.8 Å². The van der Waals surface area contributed by atoms with Crippen molar-refractivity contribution in [3.05, 3.63) is 48.3 Å². The highest BCUT2D eigenvalue weighted by Crippen LogP contribution is 2.15. The van der Waals surface area contributed by atoms with E-state index in [1.807, 2.05) is 4.90 Å². The van der Waals surface area contributed by atoms with Crippen LogP contribution in [0.25, 0.3) is 0 Å². The van der Waals surface area contributed by atoms with Crippen LogP contribution < -0.4 is 15.5 Å². The van der Waals surface area contributed by atoms with Crippen molar-refractivity contribution in [2.45, 2.75) is 19.4 Å². The molecule has 2 fully saturated rings. The van der Waals surface area contributed by atoms with Gasteiger partial charge in [-0.15, -0.1) is 0 Å². The number of hydrogen-bond acceptors (Lipinski definition) is 8. The monoisotopic (exact) mass is 479 g/mol.